The molecule has 1 aromatic rings. The summed E-state index contributed by atoms with van der Waals surface area (Å²) in [7, 11) is 3.28. The molecule has 7 nitrogen and oxygen atoms in total. The Hall–Kier alpha value is -3.07. The minimum atomic E-state index is -1.54. The average molecular weight is 538 g/mol. The van der Waals surface area contributed by atoms with Gasteiger partial charge in [-0.1, -0.05) is 84.6 Å². The van der Waals surface area contributed by atoms with Gasteiger partial charge in [0, 0.05) is 31.5 Å². The van der Waals surface area contributed by atoms with E-state index in [1.54, 1.807) is 32.0 Å². The van der Waals surface area contributed by atoms with Crippen molar-refractivity contribution in [1.82, 2.24) is 9.80 Å². The summed E-state index contributed by atoms with van der Waals surface area (Å²) in [6, 6.07) is 8.08. The molecule has 8 heteroatoms. The van der Waals surface area contributed by atoms with Gasteiger partial charge in [0.25, 0.3) is 0 Å². The van der Waals surface area contributed by atoms with Gasteiger partial charge in [0.05, 0.1) is 25.6 Å². The van der Waals surface area contributed by atoms with E-state index in [2.05, 4.69) is 35.8 Å². The molecule has 1 aliphatic heterocycles. The highest BCUT2D eigenvalue weighted by Gasteiger charge is 2.27. The van der Waals surface area contributed by atoms with Crippen LogP contribution in [0.1, 0.15) is 31.4 Å². The summed E-state index contributed by atoms with van der Waals surface area (Å²) < 4.78 is 5.58. The van der Waals surface area contributed by atoms with E-state index in [4.69, 9.17) is 9.73 Å². The first kappa shape index (κ1) is 29.5. The SMILES string of the molecule is C=C/C=C\C(=C/C)CCN(CC1=CCC(C(=O)N(C)CC(O)O)C=C1)C1=NC(c2ccccc2OC)CS1. The zero-order chi connectivity index (χ0) is 27.5. The van der Waals surface area contributed by atoms with Gasteiger partial charge in [0.2, 0.25) is 5.91 Å². The van der Waals surface area contributed by atoms with Crippen LogP contribution in [-0.4, -0.2) is 76.9 Å². The second kappa shape index (κ2) is 14.8. The summed E-state index contributed by atoms with van der Waals surface area (Å²) in [4.78, 5) is 21.4. The molecule has 2 unspecified atom stereocenters. The minimum Gasteiger partial charge on any atom is -0.496 e. The molecule has 2 N–H and O–H groups in total. The van der Waals surface area contributed by atoms with Gasteiger partial charge >= 0.3 is 0 Å². The lowest BCUT2D eigenvalue weighted by molar-refractivity contribution is -0.138. The van der Waals surface area contributed by atoms with Gasteiger partial charge in [0.1, 0.15) is 5.75 Å². The van der Waals surface area contributed by atoms with Gasteiger partial charge in [-0.05, 0) is 31.4 Å². The van der Waals surface area contributed by atoms with Crippen molar-refractivity contribution in [1.29, 1.82) is 0 Å². The summed E-state index contributed by atoms with van der Waals surface area (Å²) >= 11 is 1.76. The topological polar surface area (TPSA) is 85.6 Å². The van der Waals surface area contributed by atoms with Gasteiger partial charge in [-0.25, -0.2) is 0 Å². The highest BCUT2D eigenvalue weighted by atomic mass is 32.2. The van der Waals surface area contributed by atoms with Crippen LogP contribution in [0.25, 0.3) is 0 Å². The molecule has 204 valence electrons. The Kier molecular flexibility index (Phi) is 11.5. The Balaban J connectivity index is 1.75. The number of hydrogen-bond acceptors (Lipinski definition) is 7. The van der Waals surface area contributed by atoms with Crippen LogP contribution in [0.2, 0.25) is 0 Å². The summed E-state index contributed by atoms with van der Waals surface area (Å²) in [5.74, 6) is 1.28. The number of carbonyl (C=O) groups excluding carboxylic acids is 1. The number of aliphatic hydroxyl groups excluding tert-OH is 1. The van der Waals surface area contributed by atoms with E-state index in [0.717, 1.165) is 40.8 Å². The fourth-order valence-electron chi connectivity index (χ4n) is 4.46. The first-order chi connectivity index (χ1) is 18.4. The number of allylic oxidation sites excluding steroid dienone is 5. The quantitative estimate of drug-likeness (QED) is 0.302. The number of carbonyl (C=O) groups is 1. The van der Waals surface area contributed by atoms with Crippen molar-refractivity contribution in [2.45, 2.75) is 32.1 Å². The van der Waals surface area contributed by atoms with Crippen molar-refractivity contribution in [3.8, 4) is 5.75 Å². The van der Waals surface area contributed by atoms with Crippen LogP contribution < -0.4 is 4.74 Å². The molecule has 2 aliphatic rings. The standard InChI is InChI=1S/C30H39N3O4S/c1-5-7-10-22(6-2)17-18-33(30-31-26(21-38-30)25-11-8-9-12-27(25)37-4)19-23-13-15-24(16-14-23)29(36)32(3)20-28(34)35/h5-15,24,26,28,34-35H,1,16-21H2,2-4H3/b10-7-,22-6+. The van der Waals surface area contributed by atoms with Crippen LogP contribution in [-0.2, 0) is 4.79 Å². The third-order valence-electron chi connectivity index (χ3n) is 6.57. The number of amidine groups is 1. The summed E-state index contributed by atoms with van der Waals surface area (Å²) in [5, 5.41) is 19.4. The van der Waals surface area contributed by atoms with Crippen LogP contribution >= 0.6 is 11.8 Å². The molecule has 0 spiro atoms. The summed E-state index contributed by atoms with van der Waals surface area (Å²) in [6.45, 7) is 7.20. The molecule has 38 heavy (non-hydrogen) atoms. The first-order valence-corrected chi connectivity index (χ1v) is 13.9. The normalized spacial score (nSPS) is 19.5. The molecule has 0 fully saturated rings. The number of benzene rings is 1. The fourth-order valence-corrected chi connectivity index (χ4v) is 5.56. The van der Waals surface area contributed by atoms with Crippen molar-refractivity contribution >= 4 is 22.8 Å². The Morgan fingerprint density at radius 3 is 2.79 bits per heavy atom. The van der Waals surface area contributed by atoms with Crippen LogP contribution in [0.4, 0.5) is 0 Å². The molecule has 0 bridgehead atoms. The Labute approximate surface area is 230 Å². The molecule has 3 rings (SSSR count). The molecule has 0 aromatic heterocycles. The van der Waals surface area contributed by atoms with Crippen molar-refractivity contribution < 1.29 is 19.7 Å². The molecule has 1 amide bonds. The number of para-hydroxylation sites is 1. The van der Waals surface area contributed by atoms with E-state index < -0.39 is 6.29 Å². The minimum absolute atomic E-state index is 0.0331. The third kappa shape index (κ3) is 8.21. The first-order valence-electron chi connectivity index (χ1n) is 12.9. The van der Waals surface area contributed by atoms with Gasteiger partial charge in [-0.15, -0.1) is 0 Å². The highest BCUT2D eigenvalue weighted by molar-refractivity contribution is 8.14. The number of hydrogen-bond donors (Lipinski definition) is 2. The molecule has 0 radical (unpaired) electrons. The van der Waals surface area contributed by atoms with E-state index in [-0.39, 0.29) is 24.4 Å². The van der Waals surface area contributed by atoms with E-state index >= 15 is 0 Å². The van der Waals surface area contributed by atoms with Crippen LogP contribution in [0, 0.1) is 5.92 Å². The summed E-state index contributed by atoms with van der Waals surface area (Å²) in [5.41, 5.74) is 3.45. The number of likely N-dealkylation sites (N-methyl/N-ethyl adjacent to an activating group) is 1. The molecule has 1 aromatic carbocycles. The number of aliphatic imine (C=N–C) groups is 1. The largest absolute Gasteiger partial charge is 0.496 e. The Bertz CT molecular complexity index is 1120. The average Bonchev–Trinajstić information content (AvgIpc) is 3.42. The third-order valence-corrected chi connectivity index (χ3v) is 7.68. The maximum atomic E-state index is 12.7. The fraction of sp³-hybridized carbons (Fsp3) is 0.400. The molecular weight excluding hydrogens is 498 g/mol. The van der Waals surface area contributed by atoms with Gasteiger partial charge in [-0.2, -0.15) is 0 Å². The summed E-state index contributed by atoms with van der Waals surface area (Å²) in [6.07, 6.45) is 13.9. The van der Waals surface area contributed by atoms with Crippen molar-refractivity contribution in [2.75, 3.05) is 39.5 Å². The van der Waals surface area contributed by atoms with Crippen LogP contribution in [0.3, 0.4) is 0 Å². The lowest BCUT2D eigenvalue weighted by Gasteiger charge is -2.27. The predicted molar refractivity (Wildman–Crippen MR) is 156 cm³/mol. The predicted octanol–water partition coefficient (Wildman–Crippen LogP) is 4.49. The Morgan fingerprint density at radius 2 is 2.13 bits per heavy atom. The zero-order valence-corrected chi connectivity index (χ0v) is 23.3. The van der Waals surface area contributed by atoms with Crippen molar-refractivity contribution in [3.63, 3.8) is 0 Å². The molecule has 0 saturated heterocycles. The number of methoxy groups -OCH3 is 1. The molecular formula is C30H39N3O4S. The maximum Gasteiger partial charge on any atom is 0.229 e. The number of rotatable bonds is 12. The second-order valence-corrected chi connectivity index (χ2v) is 10.3. The van der Waals surface area contributed by atoms with Crippen molar-refractivity contribution in [2.24, 2.45) is 10.9 Å². The smallest absolute Gasteiger partial charge is 0.229 e. The lowest BCUT2D eigenvalue weighted by Crippen LogP contribution is -2.38. The zero-order valence-electron chi connectivity index (χ0n) is 22.5. The van der Waals surface area contributed by atoms with E-state index in [1.807, 2.05) is 43.4 Å². The van der Waals surface area contributed by atoms with Crippen LogP contribution in [0.5, 0.6) is 5.75 Å². The van der Waals surface area contributed by atoms with E-state index in [1.165, 1.54) is 10.5 Å². The number of amides is 1. The van der Waals surface area contributed by atoms with Gasteiger partial charge in [0.15, 0.2) is 11.5 Å². The van der Waals surface area contributed by atoms with Gasteiger partial charge in [-0.3, -0.25) is 9.79 Å². The Morgan fingerprint density at radius 1 is 1.34 bits per heavy atom. The second-order valence-electron chi connectivity index (χ2n) is 9.29. The number of aliphatic hydroxyl groups is 2. The molecule has 1 heterocycles. The lowest BCUT2D eigenvalue weighted by atomic mass is 9.95. The highest BCUT2D eigenvalue weighted by Crippen LogP contribution is 2.36. The molecule has 1 aliphatic carbocycles. The number of thioether (sulfide) groups is 1. The number of ether oxygens (including phenoxy) is 1. The van der Waals surface area contributed by atoms with E-state index in [0.29, 0.717) is 13.0 Å². The molecule has 2 atom stereocenters. The van der Waals surface area contributed by atoms with E-state index in [9.17, 15) is 15.0 Å². The monoisotopic (exact) mass is 537 g/mol. The number of nitrogens with zero attached hydrogens (tertiary/aromatic N) is 3. The van der Waals surface area contributed by atoms with Gasteiger partial charge < -0.3 is 24.7 Å². The van der Waals surface area contributed by atoms with Crippen molar-refractivity contribution in [3.05, 3.63) is 90.1 Å². The molecule has 0 saturated carbocycles. The van der Waals surface area contributed by atoms with Crippen LogP contribution in [0.15, 0.2) is 89.5 Å². The maximum absolute atomic E-state index is 12.7.